The fraction of sp³-hybridized carbons (Fsp3) is 0.194. The van der Waals surface area contributed by atoms with Crippen LogP contribution in [0.5, 0.6) is 0 Å². The van der Waals surface area contributed by atoms with E-state index in [2.05, 4.69) is 253 Å². The number of aromatic nitrogens is 1. The van der Waals surface area contributed by atoms with Crippen molar-refractivity contribution in [1.82, 2.24) is 4.57 Å². The molecule has 0 saturated heterocycles. The van der Waals surface area contributed by atoms with Crippen LogP contribution in [0.2, 0.25) is 0 Å². The van der Waals surface area contributed by atoms with Gasteiger partial charge in [0.1, 0.15) is 0 Å². The van der Waals surface area contributed by atoms with Crippen molar-refractivity contribution in [2.24, 2.45) is 0 Å². The Morgan fingerprint density at radius 2 is 0.955 bits per heavy atom. The summed E-state index contributed by atoms with van der Waals surface area (Å²) in [5.41, 5.74) is 20.0. The first-order valence-corrected chi connectivity index (χ1v) is 24.7. The highest BCUT2D eigenvalue weighted by atomic mass is 32.1. The molecule has 0 spiro atoms. The average molecular weight is 886 g/mol. The first-order chi connectivity index (χ1) is 32.1. The van der Waals surface area contributed by atoms with Crippen LogP contribution >= 0.6 is 11.3 Å². The molecule has 8 aromatic carbocycles. The fourth-order valence-corrected chi connectivity index (χ4v) is 12.1. The molecular formula is C62H56BN3S. The fourth-order valence-electron chi connectivity index (χ4n) is 10.8. The van der Waals surface area contributed by atoms with E-state index in [1.807, 2.05) is 11.3 Å². The molecule has 10 aromatic rings. The van der Waals surface area contributed by atoms with Crippen LogP contribution in [-0.2, 0) is 16.2 Å². The van der Waals surface area contributed by atoms with E-state index in [9.17, 15) is 0 Å². The lowest BCUT2D eigenvalue weighted by molar-refractivity contribution is 0.590. The van der Waals surface area contributed by atoms with Gasteiger partial charge in [-0.25, -0.2) is 0 Å². The van der Waals surface area contributed by atoms with Crippen molar-refractivity contribution in [1.29, 1.82) is 0 Å². The molecule has 0 fully saturated rings. The zero-order chi connectivity index (χ0) is 46.1. The molecule has 0 bridgehead atoms. The number of nitrogens with zero attached hydrogens (tertiary/aromatic N) is 3. The summed E-state index contributed by atoms with van der Waals surface area (Å²) in [5, 5.41) is 3.83. The summed E-state index contributed by atoms with van der Waals surface area (Å²) < 4.78 is 5.16. The van der Waals surface area contributed by atoms with E-state index in [0.29, 0.717) is 0 Å². The summed E-state index contributed by atoms with van der Waals surface area (Å²) in [7, 11) is 0. The Morgan fingerprint density at radius 3 is 1.58 bits per heavy atom. The highest BCUT2D eigenvalue weighted by Crippen LogP contribution is 2.50. The van der Waals surface area contributed by atoms with Gasteiger partial charge in [-0.1, -0.05) is 172 Å². The van der Waals surface area contributed by atoms with E-state index in [1.54, 1.807) is 0 Å². The molecule has 2 aliphatic heterocycles. The SMILES string of the molecule is CC(C)(C)c1ccc(-c2cccc(N3c4cc(C(C)(C)C)cc5c4B(c4ccc(-n6c7ccccc7c7ccccc76)cc4N5c4ccc(C(C)(C)C)cc4)c4sc5ccccc5c43)c2)cc1. The van der Waals surface area contributed by atoms with Gasteiger partial charge in [-0.05, 0) is 122 Å². The van der Waals surface area contributed by atoms with Crippen molar-refractivity contribution in [3.05, 3.63) is 193 Å². The van der Waals surface area contributed by atoms with E-state index in [-0.39, 0.29) is 23.0 Å². The predicted molar refractivity (Wildman–Crippen MR) is 292 cm³/mol. The number of anilines is 6. The summed E-state index contributed by atoms with van der Waals surface area (Å²) >= 11 is 1.96. The lowest BCUT2D eigenvalue weighted by Crippen LogP contribution is -2.60. The van der Waals surface area contributed by atoms with Crippen molar-refractivity contribution in [2.45, 2.75) is 78.6 Å². The number of rotatable bonds is 4. The van der Waals surface area contributed by atoms with Crippen LogP contribution in [-0.4, -0.2) is 11.3 Å². The molecule has 2 aliphatic rings. The Balaban J connectivity index is 1.15. The van der Waals surface area contributed by atoms with E-state index >= 15 is 0 Å². The molecule has 67 heavy (non-hydrogen) atoms. The van der Waals surface area contributed by atoms with Crippen LogP contribution in [0.15, 0.2) is 176 Å². The summed E-state index contributed by atoms with van der Waals surface area (Å²) in [5.74, 6) is 0. The Morgan fingerprint density at radius 1 is 0.403 bits per heavy atom. The highest BCUT2D eigenvalue weighted by Gasteiger charge is 2.46. The van der Waals surface area contributed by atoms with Gasteiger partial charge in [-0.3, -0.25) is 0 Å². The van der Waals surface area contributed by atoms with Crippen LogP contribution < -0.4 is 25.5 Å². The maximum absolute atomic E-state index is 2.62. The molecule has 4 heterocycles. The summed E-state index contributed by atoms with van der Waals surface area (Å²) in [6.07, 6.45) is 0. The highest BCUT2D eigenvalue weighted by molar-refractivity contribution is 7.33. The third-order valence-corrected chi connectivity index (χ3v) is 15.7. The molecule has 0 radical (unpaired) electrons. The third-order valence-electron chi connectivity index (χ3n) is 14.4. The molecule has 0 N–H and O–H groups in total. The van der Waals surface area contributed by atoms with Crippen LogP contribution in [0.1, 0.15) is 79.0 Å². The van der Waals surface area contributed by atoms with E-state index in [0.717, 1.165) is 11.4 Å². The summed E-state index contributed by atoms with van der Waals surface area (Å²) in [6.45, 7) is 20.9. The van der Waals surface area contributed by atoms with Crippen LogP contribution in [0.25, 0.3) is 48.7 Å². The Bertz CT molecular complexity index is 3540. The van der Waals surface area contributed by atoms with Crippen molar-refractivity contribution in [2.75, 3.05) is 9.80 Å². The molecule has 0 atom stereocenters. The minimum atomic E-state index is -0.132. The van der Waals surface area contributed by atoms with Gasteiger partial charge in [0.15, 0.2) is 0 Å². The summed E-state index contributed by atoms with van der Waals surface area (Å²) in [6, 6.07) is 66.9. The van der Waals surface area contributed by atoms with Crippen molar-refractivity contribution < 1.29 is 0 Å². The minimum Gasteiger partial charge on any atom is -0.311 e. The zero-order valence-electron chi connectivity index (χ0n) is 40.1. The normalized spacial score (nSPS) is 13.7. The number of fused-ring (bicyclic) bond motifs is 9. The van der Waals surface area contributed by atoms with Gasteiger partial charge in [-0.15, -0.1) is 11.3 Å². The maximum Gasteiger partial charge on any atom is 0.264 e. The van der Waals surface area contributed by atoms with Gasteiger partial charge in [-0.2, -0.15) is 0 Å². The monoisotopic (exact) mass is 885 g/mol. The number of benzene rings is 8. The van der Waals surface area contributed by atoms with Gasteiger partial charge in [0, 0.05) is 59.8 Å². The van der Waals surface area contributed by atoms with E-state index in [1.165, 1.54) is 104 Å². The second-order valence-corrected chi connectivity index (χ2v) is 23.0. The Hall–Kier alpha value is -6.82. The molecule has 0 saturated carbocycles. The molecule has 0 aliphatic carbocycles. The first kappa shape index (κ1) is 41.6. The average Bonchev–Trinajstić information content (AvgIpc) is 3.87. The van der Waals surface area contributed by atoms with E-state index < -0.39 is 0 Å². The standard InChI is InChI=1S/C62H56BN3S/c1-60(2,3)41-27-25-39(26-28-41)40-17-16-18-45(35-40)66-55-37-43(62(7,8)9)36-54-57(55)63(59-58(66)49-21-12-15-24-56(49)67-59)50-34-33-46(38-53(50)64(54)44-31-29-42(30-32-44)61(4,5)6)65-51-22-13-10-19-47(51)48-20-11-14-23-52(48)65/h10-38H,1-9H3. The topological polar surface area (TPSA) is 11.4 Å². The predicted octanol–water partition coefficient (Wildman–Crippen LogP) is 15.6. The number of hydrogen-bond acceptors (Lipinski definition) is 3. The molecule has 12 rings (SSSR count). The Labute approximate surface area is 400 Å². The number of para-hydroxylation sites is 2. The molecule has 2 aromatic heterocycles. The second kappa shape index (κ2) is 14.8. The molecule has 0 unspecified atom stereocenters. The van der Waals surface area contributed by atoms with Crippen molar-refractivity contribution in [3.8, 4) is 16.8 Å². The molecular weight excluding hydrogens is 830 g/mol. The second-order valence-electron chi connectivity index (χ2n) is 21.9. The largest absolute Gasteiger partial charge is 0.311 e. The van der Waals surface area contributed by atoms with Crippen molar-refractivity contribution in [3.63, 3.8) is 0 Å². The van der Waals surface area contributed by atoms with Crippen LogP contribution in [0.4, 0.5) is 34.1 Å². The Kier molecular flexibility index (Phi) is 9.22. The molecule has 3 nitrogen and oxygen atoms in total. The maximum atomic E-state index is 2.62. The van der Waals surface area contributed by atoms with E-state index in [4.69, 9.17) is 0 Å². The van der Waals surface area contributed by atoms with Crippen molar-refractivity contribution >= 4 is 99.8 Å². The lowest BCUT2D eigenvalue weighted by Gasteiger charge is -2.44. The zero-order valence-corrected chi connectivity index (χ0v) is 40.9. The first-order valence-electron chi connectivity index (χ1n) is 23.9. The minimum absolute atomic E-state index is 0.0168. The van der Waals surface area contributed by atoms with Gasteiger partial charge in [0.2, 0.25) is 0 Å². The van der Waals surface area contributed by atoms with Gasteiger partial charge < -0.3 is 14.4 Å². The smallest absolute Gasteiger partial charge is 0.264 e. The van der Waals surface area contributed by atoms with Crippen LogP contribution in [0, 0.1) is 0 Å². The molecule has 0 amide bonds. The number of hydrogen-bond donors (Lipinski definition) is 0. The lowest BCUT2D eigenvalue weighted by atomic mass is 9.36. The summed E-state index contributed by atoms with van der Waals surface area (Å²) in [4.78, 5) is 5.21. The van der Waals surface area contributed by atoms with Gasteiger partial charge >= 0.3 is 0 Å². The van der Waals surface area contributed by atoms with Gasteiger partial charge in [0.25, 0.3) is 6.71 Å². The van der Waals surface area contributed by atoms with Gasteiger partial charge in [0.05, 0.1) is 16.7 Å². The third kappa shape index (κ3) is 6.60. The quantitative estimate of drug-likeness (QED) is 0.163. The number of thiophene rings is 1. The van der Waals surface area contributed by atoms with Crippen LogP contribution in [0.3, 0.4) is 0 Å². The molecule has 328 valence electrons. The molecule has 5 heteroatoms.